The molecule has 7 heteroatoms. The van der Waals surface area contributed by atoms with Crippen LogP contribution in [0, 0.1) is 0 Å². The number of aromatic nitrogens is 2. The van der Waals surface area contributed by atoms with Crippen LogP contribution in [0.15, 0.2) is 66.9 Å². The van der Waals surface area contributed by atoms with Gasteiger partial charge in [0.1, 0.15) is 5.69 Å². The maximum atomic E-state index is 13.4. The van der Waals surface area contributed by atoms with Gasteiger partial charge in [0, 0.05) is 44.5 Å². The van der Waals surface area contributed by atoms with Crippen molar-refractivity contribution in [3.8, 4) is 16.9 Å². The number of amides is 2. The number of carbonyl (C=O) groups excluding carboxylic acids is 2. The van der Waals surface area contributed by atoms with Crippen molar-refractivity contribution in [3.63, 3.8) is 0 Å². The lowest BCUT2D eigenvalue weighted by atomic mass is 10.1. The SMILES string of the molecule is CCNC(=O)CN1CCN(C(=O)c2cn(-c3ccccc3)nc2-c2ccccc2)CC1. The molecule has 2 amide bonds. The van der Waals surface area contributed by atoms with Crippen LogP contribution in [0.4, 0.5) is 0 Å². The minimum absolute atomic E-state index is 0.0257. The van der Waals surface area contributed by atoms with Crippen LogP contribution in [0.25, 0.3) is 16.9 Å². The number of benzene rings is 2. The second-order valence-corrected chi connectivity index (χ2v) is 7.56. The zero-order valence-electron chi connectivity index (χ0n) is 17.7. The number of piperazine rings is 1. The Morgan fingerprint density at radius 1 is 0.935 bits per heavy atom. The summed E-state index contributed by atoms with van der Waals surface area (Å²) in [7, 11) is 0. The molecule has 160 valence electrons. The highest BCUT2D eigenvalue weighted by Crippen LogP contribution is 2.25. The Morgan fingerprint density at radius 2 is 1.58 bits per heavy atom. The predicted octanol–water partition coefficient (Wildman–Crippen LogP) is 2.43. The molecule has 1 N–H and O–H groups in total. The third-order valence-electron chi connectivity index (χ3n) is 5.41. The third kappa shape index (κ3) is 4.83. The highest BCUT2D eigenvalue weighted by atomic mass is 16.2. The Hall–Kier alpha value is -3.45. The summed E-state index contributed by atoms with van der Waals surface area (Å²) in [5.74, 6) is -0.00327. The molecule has 3 aromatic rings. The van der Waals surface area contributed by atoms with Gasteiger partial charge in [0.2, 0.25) is 5.91 Å². The molecule has 0 unspecified atom stereocenters. The number of nitrogens with one attached hydrogen (secondary N) is 1. The van der Waals surface area contributed by atoms with Gasteiger partial charge in [-0.2, -0.15) is 5.10 Å². The topological polar surface area (TPSA) is 70.5 Å². The van der Waals surface area contributed by atoms with Crippen LogP contribution in [0.2, 0.25) is 0 Å². The highest BCUT2D eigenvalue weighted by Gasteiger charge is 2.27. The van der Waals surface area contributed by atoms with E-state index < -0.39 is 0 Å². The number of para-hydroxylation sites is 1. The smallest absolute Gasteiger partial charge is 0.257 e. The quantitative estimate of drug-likeness (QED) is 0.669. The first kappa shape index (κ1) is 20.8. The van der Waals surface area contributed by atoms with E-state index in [2.05, 4.69) is 10.2 Å². The summed E-state index contributed by atoms with van der Waals surface area (Å²) in [5, 5.41) is 7.57. The van der Waals surface area contributed by atoms with Gasteiger partial charge in [0.15, 0.2) is 0 Å². The largest absolute Gasteiger partial charge is 0.355 e. The van der Waals surface area contributed by atoms with Crippen molar-refractivity contribution in [1.29, 1.82) is 0 Å². The van der Waals surface area contributed by atoms with Crippen molar-refractivity contribution in [2.75, 3.05) is 39.3 Å². The Morgan fingerprint density at radius 3 is 2.23 bits per heavy atom. The van der Waals surface area contributed by atoms with Crippen molar-refractivity contribution < 1.29 is 9.59 Å². The van der Waals surface area contributed by atoms with Crippen molar-refractivity contribution in [2.45, 2.75) is 6.92 Å². The van der Waals surface area contributed by atoms with Gasteiger partial charge in [-0.15, -0.1) is 0 Å². The van der Waals surface area contributed by atoms with Crippen molar-refractivity contribution >= 4 is 11.8 Å². The summed E-state index contributed by atoms with van der Waals surface area (Å²) in [5.41, 5.74) is 3.09. The molecule has 4 rings (SSSR count). The van der Waals surface area contributed by atoms with E-state index in [0.29, 0.717) is 50.5 Å². The molecule has 1 aliphatic heterocycles. The molecule has 0 aliphatic carbocycles. The van der Waals surface area contributed by atoms with Gasteiger partial charge in [-0.1, -0.05) is 48.5 Å². The number of rotatable bonds is 6. The summed E-state index contributed by atoms with van der Waals surface area (Å²) in [6, 6.07) is 19.6. The highest BCUT2D eigenvalue weighted by molar-refractivity contribution is 6.00. The summed E-state index contributed by atoms with van der Waals surface area (Å²) in [6.45, 7) is 5.44. The second kappa shape index (κ2) is 9.57. The van der Waals surface area contributed by atoms with E-state index in [1.165, 1.54) is 0 Å². The lowest BCUT2D eigenvalue weighted by Crippen LogP contribution is -2.51. The molecule has 0 bridgehead atoms. The van der Waals surface area contributed by atoms with E-state index in [1.54, 1.807) is 4.68 Å². The number of likely N-dealkylation sites (N-methyl/N-ethyl adjacent to an activating group) is 1. The molecule has 2 heterocycles. The number of nitrogens with zero attached hydrogens (tertiary/aromatic N) is 4. The monoisotopic (exact) mass is 417 g/mol. The number of hydrogen-bond acceptors (Lipinski definition) is 4. The third-order valence-corrected chi connectivity index (χ3v) is 5.41. The summed E-state index contributed by atoms with van der Waals surface area (Å²) >= 11 is 0. The van der Waals surface area contributed by atoms with Crippen molar-refractivity contribution in [2.24, 2.45) is 0 Å². The van der Waals surface area contributed by atoms with E-state index in [0.717, 1.165) is 11.3 Å². The normalized spacial score (nSPS) is 14.4. The van der Waals surface area contributed by atoms with E-state index >= 15 is 0 Å². The fourth-order valence-corrected chi connectivity index (χ4v) is 3.79. The molecule has 1 fully saturated rings. The molecular weight excluding hydrogens is 390 g/mol. The Kier molecular flexibility index (Phi) is 6.43. The van der Waals surface area contributed by atoms with Crippen molar-refractivity contribution in [3.05, 3.63) is 72.4 Å². The van der Waals surface area contributed by atoms with Crippen molar-refractivity contribution in [1.82, 2.24) is 24.9 Å². The molecule has 2 aromatic carbocycles. The molecule has 7 nitrogen and oxygen atoms in total. The van der Waals surface area contributed by atoms with Crippen LogP contribution in [0.1, 0.15) is 17.3 Å². The zero-order valence-corrected chi connectivity index (χ0v) is 17.7. The predicted molar refractivity (Wildman–Crippen MR) is 120 cm³/mol. The van der Waals surface area contributed by atoms with Gasteiger partial charge in [-0.3, -0.25) is 14.5 Å². The lowest BCUT2D eigenvalue weighted by Gasteiger charge is -2.34. The van der Waals surface area contributed by atoms with Crippen LogP contribution in [0.3, 0.4) is 0 Å². The van der Waals surface area contributed by atoms with E-state index in [4.69, 9.17) is 5.10 Å². The molecule has 0 atom stereocenters. The fraction of sp³-hybridized carbons (Fsp3) is 0.292. The molecule has 31 heavy (non-hydrogen) atoms. The van der Waals surface area contributed by atoms with Gasteiger partial charge >= 0.3 is 0 Å². The Labute approximate surface area is 182 Å². The Bertz CT molecular complexity index is 1020. The second-order valence-electron chi connectivity index (χ2n) is 7.56. The first-order valence-corrected chi connectivity index (χ1v) is 10.6. The average molecular weight is 418 g/mol. The van der Waals surface area contributed by atoms with Crippen LogP contribution >= 0.6 is 0 Å². The molecular formula is C24H27N5O2. The summed E-state index contributed by atoms with van der Waals surface area (Å²) in [6.07, 6.45) is 1.82. The first-order chi connectivity index (χ1) is 15.2. The van der Waals surface area contributed by atoms with Gasteiger partial charge in [-0.05, 0) is 19.1 Å². The van der Waals surface area contributed by atoms with Gasteiger partial charge in [-0.25, -0.2) is 4.68 Å². The molecule has 1 aromatic heterocycles. The minimum Gasteiger partial charge on any atom is -0.355 e. The summed E-state index contributed by atoms with van der Waals surface area (Å²) in [4.78, 5) is 29.2. The van der Waals surface area contributed by atoms with Crippen LogP contribution < -0.4 is 5.32 Å². The van der Waals surface area contributed by atoms with Gasteiger partial charge in [0.25, 0.3) is 5.91 Å². The van der Waals surface area contributed by atoms with E-state index in [9.17, 15) is 9.59 Å². The molecule has 0 radical (unpaired) electrons. The molecule has 1 aliphatic rings. The maximum absolute atomic E-state index is 13.4. The van der Waals surface area contributed by atoms with Crippen LogP contribution in [-0.4, -0.2) is 70.7 Å². The van der Waals surface area contributed by atoms with E-state index in [-0.39, 0.29) is 11.8 Å². The lowest BCUT2D eigenvalue weighted by molar-refractivity contribution is -0.122. The molecule has 1 saturated heterocycles. The number of carbonyl (C=O) groups is 2. The maximum Gasteiger partial charge on any atom is 0.257 e. The Balaban J connectivity index is 1.55. The van der Waals surface area contributed by atoms with E-state index in [1.807, 2.05) is 78.7 Å². The zero-order chi connectivity index (χ0) is 21.6. The van der Waals surface area contributed by atoms with Gasteiger partial charge in [0.05, 0.1) is 17.8 Å². The van der Waals surface area contributed by atoms with Crippen LogP contribution in [-0.2, 0) is 4.79 Å². The minimum atomic E-state index is -0.0290. The fourth-order valence-electron chi connectivity index (χ4n) is 3.79. The summed E-state index contributed by atoms with van der Waals surface area (Å²) < 4.78 is 1.76. The number of hydrogen-bond donors (Lipinski definition) is 1. The molecule has 0 spiro atoms. The average Bonchev–Trinajstić information content (AvgIpc) is 3.26. The van der Waals surface area contributed by atoms with Gasteiger partial charge < -0.3 is 10.2 Å². The first-order valence-electron chi connectivity index (χ1n) is 10.6. The standard InChI is InChI=1S/C24H27N5O2/c1-2-25-22(30)18-27-13-15-28(16-14-27)24(31)21-17-29(20-11-7-4-8-12-20)26-23(21)19-9-5-3-6-10-19/h3-12,17H,2,13-16,18H2,1H3,(H,25,30). The molecule has 0 saturated carbocycles. The van der Waals surface area contributed by atoms with Crippen LogP contribution in [0.5, 0.6) is 0 Å².